The van der Waals surface area contributed by atoms with Crippen molar-refractivity contribution in [2.75, 3.05) is 0 Å². The minimum atomic E-state index is -0.518. The van der Waals surface area contributed by atoms with E-state index in [2.05, 4.69) is 10.5 Å². The van der Waals surface area contributed by atoms with Gasteiger partial charge in [-0.15, -0.1) is 11.3 Å². The third-order valence-electron chi connectivity index (χ3n) is 4.30. The summed E-state index contributed by atoms with van der Waals surface area (Å²) in [7, 11) is 0. The fourth-order valence-corrected chi connectivity index (χ4v) is 3.41. The molecule has 1 amide bonds. The second kappa shape index (κ2) is 8.59. The van der Waals surface area contributed by atoms with E-state index in [1.807, 2.05) is 29.6 Å². The zero-order valence-corrected chi connectivity index (χ0v) is 16.4. The lowest BCUT2D eigenvalue weighted by Gasteiger charge is -2.06. The monoisotopic (exact) mass is 416 g/mol. The number of hydrogen-bond donors (Lipinski definition) is 2. The average molecular weight is 416 g/mol. The number of esters is 1. The first-order chi connectivity index (χ1) is 14.6. The van der Waals surface area contributed by atoms with E-state index in [1.54, 1.807) is 48.5 Å². The number of phenolic OH excluding ortho intramolecular Hbond substituents is 1. The number of thiophene rings is 1. The number of nitrogens with zero attached hydrogens (tertiary/aromatic N) is 1. The Morgan fingerprint density at radius 3 is 2.40 bits per heavy atom. The topological polar surface area (TPSA) is 88.0 Å². The largest absolute Gasteiger partial charge is 0.507 e. The van der Waals surface area contributed by atoms with Crippen LogP contribution in [0.3, 0.4) is 0 Å². The highest BCUT2D eigenvalue weighted by Gasteiger charge is 2.12. The molecule has 0 saturated carbocycles. The second-order valence-electron chi connectivity index (χ2n) is 6.35. The molecule has 6 nitrogen and oxygen atoms in total. The smallest absolute Gasteiger partial charge is 0.353 e. The molecule has 7 heteroatoms. The minimum absolute atomic E-state index is 0.113. The summed E-state index contributed by atoms with van der Waals surface area (Å²) in [6.45, 7) is 0. The van der Waals surface area contributed by atoms with Gasteiger partial charge in [-0.05, 0) is 64.2 Å². The Bertz CT molecular complexity index is 1230. The predicted molar refractivity (Wildman–Crippen MR) is 116 cm³/mol. The molecule has 30 heavy (non-hydrogen) atoms. The number of rotatable bonds is 5. The molecular formula is C23H16N2O4S. The Balaban J connectivity index is 1.39. The third kappa shape index (κ3) is 4.37. The molecule has 4 rings (SSSR count). The Kier molecular flexibility index (Phi) is 5.54. The number of hydrazone groups is 1. The predicted octanol–water partition coefficient (Wildman–Crippen LogP) is 4.59. The van der Waals surface area contributed by atoms with Crippen LogP contribution in [0.5, 0.6) is 11.5 Å². The van der Waals surface area contributed by atoms with Crippen LogP contribution in [0.15, 0.2) is 83.3 Å². The van der Waals surface area contributed by atoms with Gasteiger partial charge in [0.2, 0.25) is 0 Å². The lowest BCUT2D eigenvalue weighted by molar-refractivity contribution is 0.0739. The maximum Gasteiger partial charge on any atom is 0.353 e. The first kappa shape index (κ1) is 19.4. The number of carbonyl (C=O) groups is 2. The number of carbonyl (C=O) groups excluding carboxylic acids is 2. The average Bonchev–Trinajstić information content (AvgIpc) is 3.29. The first-order valence-electron chi connectivity index (χ1n) is 9.01. The van der Waals surface area contributed by atoms with Gasteiger partial charge >= 0.3 is 5.97 Å². The molecule has 1 aromatic heterocycles. The highest BCUT2D eigenvalue weighted by atomic mass is 32.1. The van der Waals surface area contributed by atoms with Crippen molar-refractivity contribution in [3.63, 3.8) is 0 Å². The van der Waals surface area contributed by atoms with Crippen molar-refractivity contribution >= 4 is 40.2 Å². The zero-order valence-electron chi connectivity index (χ0n) is 15.6. The maximum atomic E-state index is 12.3. The first-order valence-corrected chi connectivity index (χ1v) is 9.89. The Labute approximate surface area is 176 Å². The van der Waals surface area contributed by atoms with Gasteiger partial charge in [0, 0.05) is 0 Å². The van der Waals surface area contributed by atoms with E-state index in [9.17, 15) is 14.7 Å². The van der Waals surface area contributed by atoms with Crippen LogP contribution >= 0.6 is 11.3 Å². The second-order valence-corrected chi connectivity index (χ2v) is 7.30. The number of benzene rings is 3. The van der Waals surface area contributed by atoms with Gasteiger partial charge in [-0.25, -0.2) is 10.2 Å². The van der Waals surface area contributed by atoms with Crippen molar-refractivity contribution in [3.8, 4) is 11.5 Å². The van der Waals surface area contributed by atoms with Crippen LogP contribution < -0.4 is 10.2 Å². The summed E-state index contributed by atoms with van der Waals surface area (Å²) in [5.74, 6) is -0.626. The molecule has 4 aromatic rings. The highest BCUT2D eigenvalue weighted by molar-refractivity contribution is 7.12. The molecule has 0 radical (unpaired) electrons. The summed E-state index contributed by atoms with van der Waals surface area (Å²) in [5.41, 5.74) is 3.25. The number of hydrogen-bond acceptors (Lipinski definition) is 6. The molecular weight excluding hydrogens is 400 g/mol. The number of ether oxygens (including phenoxy) is 1. The SMILES string of the molecule is O=C(Oc1ccc(/C=N\NC(=O)c2cc3ccccc3cc2O)cc1)c1cccs1. The van der Waals surface area contributed by atoms with Crippen LogP contribution in [0.2, 0.25) is 0 Å². The summed E-state index contributed by atoms with van der Waals surface area (Å²) in [4.78, 5) is 24.8. The number of aromatic hydroxyl groups is 1. The fourth-order valence-electron chi connectivity index (χ4n) is 2.81. The molecule has 3 aromatic carbocycles. The summed E-state index contributed by atoms with van der Waals surface area (Å²) < 4.78 is 5.29. The third-order valence-corrected chi connectivity index (χ3v) is 5.15. The molecule has 0 atom stereocenters. The number of nitrogens with one attached hydrogen (secondary N) is 1. The van der Waals surface area contributed by atoms with Crippen LogP contribution in [-0.2, 0) is 0 Å². The van der Waals surface area contributed by atoms with E-state index < -0.39 is 11.9 Å². The van der Waals surface area contributed by atoms with Gasteiger partial charge in [0.25, 0.3) is 5.91 Å². The summed E-state index contributed by atoms with van der Waals surface area (Å²) in [6.07, 6.45) is 1.46. The van der Waals surface area contributed by atoms with Gasteiger partial charge in [0.05, 0.1) is 11.8 Å². The highest BCUT2D eigenvalue weighted by Crippen LogP contribution is 2.24. The minimum Gasteiger partial charge on any atom is -0.507 e. The molecule has 0 aliphatic heterocycles. The van der Waals surface area contributed by atoms with Gasteiger partial charge < -0.3 is 9.84 Å². The van der Waals surface area contributed by atoms with Gasteiger partial charge in [0.1, 0.15) is 16.4 Å². The molecule has 0 saturated heterocycles. The van der Waals surface area contributed by atoms with Crippen molar-refractivity contribution in [3.05, 3.63) is 94.2 Å². The normalized spacial score (nSPS) is 10.9. The van der Waals surface area contributed by atoms with Crippen LogP contribution in [0.25, 0.3) is 10.8 Å². The van der Waals surface area contributed by atoms with E-state index in [0.717, 1.165) is 10.8 Å². The van der Waals surface area contributed by atoms with Gasteiger partial charge in [-0.3, -0.25) is 4.79 Å². The molecule has 0 bridgehead atoms. The van der Waals surface area contributed by atoms with E-state index in [4.69, 9.17) is 4.74 Å². The Hall–Kier alpha value is -3.97. The summed E-state index contributed by atoms with van der Waals surface area (Å²) >= 11 is 1.31. The van der Waals surface area contributed by atoms with Crippen molar-refractivity contribution < 1.29 is 19.4 Å². The quantitative estimate of drug-likeness (QED) is 0.216. The lowest BCUT2D eigenvalue weighted by Crippen LogP contribution is -2.17. The fraction of sp³-hybridized carbons (Fsp3) is 0. The van der Waals surface area contributed by atoms with E-state index >= 15 is 0 Å². The summed E-state index contributed by atoms with van der Waals surface area (Å²) in [6, 6.07) is 20.8. The number of fused-ring (bicyclic) bond motifs is 1. The van der Waals surface area contributed by atoms with Crippen LogP contribution in [0.4, 0.5) is 0 Å². The number of amides is 1. The maximum absolute atomic E-state index is 12.3. The molecule has 2 N–H and O–H groups in total. The van der Waals surface area contributed by atoms with Crippen molar-refractivity contribution in [2.45, 2.75) is 0 Å². The van der Waals surface area contributed by atoms with E-state index in [-0.39, 0.29) is 11.3 Å². The zero-order chi connectivity index (χ0) is 20.9. The molecule has 1 heterocycles. The van der Waals surface area contributed by atoms with Crippen molar-refractivity contribution in [1.82, 2.24) is 5.43 Å². The Morgan fingerprint density at radius 2 is 1.70 bits per heavy atom. The summed E-state index contributed by atoms with van der Waals surface area (Å²) in [5, 5.41) is 17.5. The number of phenols is 1. The standard InChI is InChI=1S/C23H16N2O4S/c26-20-13-17-5-2-1-4-16(17)12-19(20)22(27)25-24-14-15-7-9-18(10-8-15)29-23(28)21-6-3-11-30-21/h1-14,26H,(H,25,27)/b24-14-. The molecule has 0 unspecified atom stereocenters. The van der Waals surface area contributed by atoms with Gasteiger partial charge in [0.15, 0.2) is 0 Å². The molecule has 148 valence electrons. The van der Waals surface area contributed by atoms with Crippen molar-refractivity contribution in [1.29, 1.82) is 0 Å². The Morgan fingerprint density at radius 1 is 0.967 bits per heavy atom. The van der Waals surface area contributed by atoms with E-state index in [0.29, 0.717) is 16.2 Å². The molecule has 0 fully saturated rings. The van der Waals surface area contributed by atoms with Crippen molar-refractivity contribution in [2.24, 2.45) is 5.10 Å². The molecule has 0 aliphatic carbocycles. The van der Waals surface area contributed by atoms with Gasteiger partial charge in [-0.1, -0.05) is 30.3 Å². The molecule has 0 spiro atoms. The van der Waals surface area contributed by atoms with Crippen LogP contribution in [-0.4, -0.2) is 23.2 Å². The lowest BCUT2D eigenvalue weighted by atomic mass is 10.1. The van der Waals surface area contributed by atoms with E-state index in [1.165, 1.54) is 17.6 Å². The van der Waals surface area contributed by atoms with Crippen LogP contribution in [0, 0.1) is 0 Å². The van der Waals surface area contributed by atoms with Crippen LogP contribution in [0.1, 0.15) is 25.6 Å². The molecule has 0 aliphatic rings. The van der Waals surface area contributed by atoms with Gasteiger partial charge in [-0.2, -0.15) is 5.10 Å².